The van der Waals surface area contributed by atoms with Crippen LogP contribution in [0.1, 0.15) is 24.9 Å². The standard InChI is InChI=1S/C12H18FNO2S/c1-3-8-14-12(9-17(2,15)16)10-4-6-11(13)7-5-10/h4-7,12,14H,3,8-9H2,1-2H3. The Morgan fingerprint density at radius 2 is 1.88 bits per heavy atom. The molecule has 0 fully saturated rings. The maximum atomic E-state index is 12.8. The van der Waals surface area contributed by atoms with Gasteiger partial charge in [0.05, 0.1) is 5.75 Å². The molecule has 1 aromatic carbocycles. The Bertz CT molecular complexity index is 442. The maximum Gasteiger partial charge on any atom is 0.149 e. The molecule has 1 N–H and O–H groups in total. The molecule has 5 heteroatoms. The van der Waals surface area contributed by atoms with Crippen LogP contribution in [0.15, 0.2) is 24.3 Å². The zero-order chi connectivity index (χ0) is 12.9. The van der Waals surface area contributed by atoms with E-state index in [4.69, 9.17) is 0 Å². The molecule has 0 heterocycles. The van der Waals surface area contributed by atoms with Gasteiger partial charge in [0.2, 0.25) is 0 Å². The van der Waals surface area contributed by atoms with Gasteiger partial charge in [-0.15, -0.1) is 0 Å². The summed E-state index contributed by atoms with van der Waals surface area (Å²) in [5.74, 6) is -0.291. The van der Waals surface area contributed by atoms with Gasteiger partial charge in [-0.1, -0.05) is 19.1 Å². The molecule has 0 aromatic heterocycles. The van der Waals surface area contributed by atoms with E-state index in [0.29, 0.717) is 0 Å². The summed E-state index contributed by atoms with van der Waals surface area (Å²) in [6, 6.07) is 5.66. The summed E-state index contributed by atoms with van der Waals surface area (Å²) in [7, 11) is -3.07. The summed E-state index contributed by atoms with van der Waals surface area (Å²) in [5, 5.41) is 3.16. The molecule has 0 saturated carbocycles. The summed E-state index contributed by atoms with van der Waals surface area (Å²) in [5.41, 5.74) is 0.797. The van der Waals surface area contributed by atoms with Gasteiger partial charge in [0.15, 0.2) is 0 Å². The Hall–Kier alpha value is -0.940. The van der Waals surface area contributed by atoms with Crippen molar-refractivity contribution in [1.82, 2.24) is 5.32 Å². The highest BCUT2D eigenvalue weighted by molar-refractivity contribution is 7.90. The molecule has 0 aliphatic heterocycles. The van der Waals surface area contributed by atoms with Crippen LogP contribution < -0.4 is 5.32 Å². The van der Waals surface area contributed by atoms with Crippen LogP contribution in [0.3, 0.4) is 0 Å². The van der Waals surface area contributed by atoms with Crippen LogP contribution in [0.5, 0.6) is 0 Å². The lowest BCUT2D eigenvalue weighted by atomic mass is 10.1. The van der Waals surface area contributed by atoms with Gasteiger partial charge in [-0.2, -0.15) is 0 Å². The van der Waals surface area contributed by atoms with Gasteiger partial charge in [0, 0.05) is 12.3 Å². The Morgan fingerprint density at radius 1 is 1.29 bits per heavy atom. The fourth-order valence-electron chi connectivity index (χ4n) is 1.59. The van der Waals surface area contributed by atoms with Gasteiger partial charge >= 0.3 is 0 Å². The quantitative estimate of drug-likeness (QED) is 0.849. The molecule has 0 radical (unpaired) electrons. The average Bonchev–Trinajstić information content (AvgIpc) is 2.24. The fraction of sp³-hybridized carbons (Fsp3) is 0.500. The summed E-state index contributed by atoms with van der Waals surface area (Å²) in [6.07, 6.45) is 2.12. The zero-order valence-corrected chi connectivity index (χ0v) is 10.9. The highest BCUT2D eigenvalue weighted by Gasteiger charge is 2.16. The molecule has 17 heavy (non-hydrogen) atoms. The lowest BCUT2D eigenvalue weighted by Gasteiger charge is -2.18. The molecule has 1 unspecified atom stereocenters. The predicted molar refractivity (Wildman–Crippen MR) is 67.1 cm³/mol. The molecular weight excluding hydrogens is 241 g/mol. The van der Waals surface area contributed by atoms with Crippen LogP contribution in [0, 0.1) is 5.82 Å². The van der Waals surface area contributed by atoms with E-state index in [2.05, 4.69) is 5.32 Å². The van der Waals surface area contributed by atoms with E-state index >= 15 is 0 Å². The van der Waals surface area contributed by atoms with Gasteiger partial charge < -0.3 is 5.32 Å². The van der Waals surface area contributed by atoms with Gasteiger partial charge in [-0.3, -0.25) is 0 Å². The van der Waals surface area contributed by atoms with E-state index in [1.54, 1.807) is 12.1 Å². The number of hydrogen-bond donors (Lipinski definition) is 1. The molecule has 0 bridgehead atoms. The molecule has 1 aromatic rings. The molecule has 0 aliphatic carbocycles. The largest absolute Gasteiger partial charge is 0.309 e. The minimum absolute atomic E-state index is 0.0264. The third-order valence-electron chi connectivity index (χ3n) is 2.38. The van der Waals surface area contributed by atoms with E-state index < -0.39 is 9.84 Å². The molecule has 1 atom stereocenters. The fourth-order valence-corrected chi connectivity index (χ4v) is 2.51. The van der Waals surface area contributed by atoms with E-state index in [1.807, 2.05) is 6.92 Å². The molecule has 0 amide bonds. The molecule has 1 rings (SSSR count). The highest BCUT2D eigenvalue weighted by atomic mass is 32.2. The summed E-state index contributed by atoms with van der Waals surface area (Å²) in [6.45, 7) is 2.74. The second-order valence-electron chi connectivity index (χ2n) is 4.15. The van der Waals surface area contributed by atoms with Crippen LogP contribution in [0.2, 0.25) is 0 Å². The number of nitrogens with one attached hydrogen (secondary N) is 1. The normalized spacial score (nSPS) is 13.6. The topological polar surface area (TPSA) is 46.2 Å². The lowest BCUT2D eigenvalue weighted by molar-refractivity contribution is 0.548. The van der Waals surface area contributed by atoms with E-state index in [9.17, 15) is 12.8 Å². The van der Waals surface area contributed by atoms with Crippen molar-refractivity contribution < 1.29 is 12.8 Å². The highest BCUT2D eigenvalue weighted by Crippen LogP contribution is 2.15. The molecule has 3 nitrogen and oxygen atoms in total. The first-order valence-corrected chi connectivity index (χ1v) is 7.65. The Balaban J connectivity index is 2.85. The van der Waals surface area contributed by atoms with Gasteiger partial charge in [0.25, 0.3) is 0 Å². The Kier molecular flexibility index (Phi) is 5.08. The minimum Gasteiger partial charge on any atom is -0.309 e. The van der Waals surface area contributed by atoms with Gasteiger partial charge in [0.1, 0.15) is 15.7 Å². The zero-order valence-electron chi connectivity index (χ0n) is 10.1. The van der Waals surface area contributed by atoms with Crippen LogP contribution in [0.25, 0.3) is 0 Å². The number of benzene rings is 1. The van der Waals surface area contributed by atoms with E-state index in [0.717, 1.165) is 18.5 Å². The minimum atomic E-state index is -3.07. The van der Waals surface area contributed by atoms with Crippen molar-refractivity contribution in [3.05, 3.63) is 35.6 Å². The van der Waals surface area contributed by atoms with Crippen molar-refractivity contribution in [1.29, 1.82) is 0 Å². The van der Waals surface area contributed by atoms with Crippen molar-refractivity contribution in [3.63, 3.8) is 0 Å². The second kappa shape index (κ2) is 6.12. The number of sulfone groups is 1. The summed E-state index contributed by atoms with van der Waals surface area (Å²) in [4.78, 5) is 0. The third-order valence-corrected chi connectivity index (χ3v) is 3.32. The van der Waals surface area contributed by atoms with Crippen molar-refractivity contribution >= 4 is 9.84 Å². The third kappa shape index (κ3) is 5.28. The van der Waals surface area contributed by atoms with Crippen LogP contribution in [-0.2, 0) is 9.84 Å². The van der Waals surface area contributed by atoms with Crippen LogP contribution in [0.4, 0.5) is 4.39 Å². The molecular formula is C12H18FNO2S. The first-order chi connectivity index (χ1) is 7.92. The second-order valence-corrected chi connectivity index (χ2v) is 6.34. The first-order valence-electron chi connectivity index (χ1n) is 5.59. The van der Waals surface area contributed by atoms with Crippen molar-refractivity contribution in [2.24, 2.45) is 0 Å². The molecule has 0 spiro atoms. The van der Waals surface area contributed by atoms with Gasteiger partial charge in [-0.05, 0) is 30.7 Å². The van der Waals surface area contributed by atoms with Crippen molar-refractivity contribution in [3.8, 4) is 0 Å². The Morgan fingerprint density at radius 3 is 2.35 bits per heavy atom. The number of halogens is 1. The smallest absolute Gasteiger partial charge is 0.149 e. The van der Waals surface area contributed by atoms with E-state index in [-0.39, 0.29) is 17.6 Å². The molecule has 0 aliphatic rings. The predicted octanol–water partition coefficient (Wildman–Crippen LogP) is 1.91. The van der Waals surface area contributed by atoms with Crippen molar-refractivity contribution in [2.45, 2.75) is 19.4 Å². The number of rotatable bonds is 6. The lowest BCUT2D eigenvalue weighted by Crippen LogP contribution is -2.28. The van der Waals surface area contributed by atoms with Crippen LogP contribution in [-0.4, -0.2) is 27.0 Å². The Labute approximate surface area is 102 Å². The van der Waals surface area contributed by atoms with Gasteiger partial charge in [-0.25, -0.2) is 12.8 Å². The summed E-state index contributed by atoms with van der Waals surface area (Å²) < 4.78 is 35.5. The monoisotopic (exact) mass is 259 g/mol. The van der Waals surface area contributed by atoms with E-state index in [1.165, 1.54) is 18.4 Å². The summed E-state index contributed by atoms with van der Waals surface area (Å²) >= 11 is 0. The van der Waals surface area contributed by atoms with Crippen LogP contribution >= 0.6 is 0 Å². The van der Waals surface area contributed by atoms with Crippen molar-refractivity contribution in [2.75, 3.05) is 18.6 Å². The molecule has 96 valence electrons. The molecule has 0 saturated heterocycles. The average molecular weight is 259 g/mol. The SMILES string of the molecule is CCCNC(CS(C)(=O)=O)c1ccc(F)cc1. The number of hydrogen-bond acceptors (Lipinski definition) is 3. The first kappa shape index (κ1) is 14.1. The maximum absolute atomic E-state index is 12.8.